The quantitative estimate of drug-likeness (QED) is 0.730. The standard InChI is InChI=1S/C17H26N6/c1-2-16-18-8-11-22(16)10-4-3-9-21-12-14-23(15-13-21)17-19-6-5-7-20-17/h5-8,11H,2-4,9-10,12-15H2,1H3. The number of hydrogen-bond donors (Lipinski definition) is 0. The Morgan fingerprint density at radius 3 is 2.39 bits per heavy atom. The van der Waals surface area contributed by atoms with Crippen molar-refractivity contribution in [1.29, 1.82) is 0 Å². The summed E-state index contributed by atoms with van der Waals surface area (Å²) in [7, 11) is 0. The molecule has 1 aliphatic heterocycles. The van der Waals surface area contributed by atoms with Gasteiger partial charge in [-0.25, -0.2) is 15.0 Å². The van der Waals surface area contributed by atoms with E-state index in [0.717, 1.165) is 45.1 Å². The lowest BCUT2D eigenvalue weighted by atomic mass is 10.2. The van der Waals surface area contributed by atoms with E-state index in [2.05, 4.69) is 42.4 Å². The fourth-order valence-corrected chi connectivity index (χ4v) is 3.10. The van der Waals surface area contributed by atoms with Gasteiger partial charge in [0.1, 0.15) is 5.82 Å². The van der Waals surface area contributed by atoms with E-state index >= 15 is 0 Å². The first-order chi connectivity index (χ1) is 11.4. The van der Waals surface area contributed by atoms with Crippen LogP contribution in [0.2, 0.25) is 0 Å². The summed E-state index contributed by atoms with van der Waals surface area (Å²) in [6, 6.07) is 1.87. The van der Waals surface area contributed by atoms with Gasteiger partial charge in [-0.05, 0) is 25.5 Å². The molecule has 0 radical (unpaired) electrons. The number of aromatic nitrogens is 4. The van der Waals surface area contributed by atoms with E-state index < -0.39 is 0 Å². The van der Waals surface area contributed by atoms with Gasteiger partial charge in [0.25, 0.3) is 0 Å². The summed E-state index contributed by atoms with van der Waals surface area (Å²) in [5, 5.41) is 0. The highest BCUT2D eigenvalue weighted by atomic mass is 15.3. The molecular formula is C17H26N6. The molecule has 124 valence electrons. The maximum atomic E-state index is 4.38. The third-order valence-electron chi connectivity index (χ3n) is 4.45. The van der Waals surface area contributed by atoms with Crippen LogP contribution in [0.1, 0.15) is 25.6 Å². The minimum atomic E-state index is 0.861. The summed E-state index contributed by atoms with van der Waals surface area (Å²) < 4.78 is 2.28. The fraction of sp³-hybridized carbons (Fsp3) is 0.588. The van der Waals surface area contributed by atoms with Crippen LogP contribution >= 0.6 is 0 Å². The van der Waals surface area contributed by atoms with Gasteiger partial charge < -0.3 is 9.47 Å². The number of piperazine rings is 1. The van der Waals surface area contributed by atoms with Crippen LogP contribution in [0.3, 0.4) is 0 Å². The Bertz CT molecular complexity index is 574. The number of imidazole rings is 1. The first-order valence-electron chi connectivity index (χ1n) is 8.61. The number of nitrogens with zero attached hydrogens (tertiary/aromatic N) is 6. The number of rotatable bonds is 7. The van der Waals surface area contributed by atoms with E-state index in [1.807, 2.05) is 24.7 Å². The number of hydrogen-bond acceptors (Lipinski definition) is 5. The summed E-state index contributed by atoms with van der Waals surface area (Å²) in [5.41, 5.74) is 0. The third-order valence-corrected chi connectivity index (χ3v) is 4.45. The zero-order valence-corrected chi connectivity index (χ0v) is 13.9. The number of unbranched alkanes of at least 4 members (excludes halogenated alkanes) is 1. The molecule has 0 saturated carbocycles. The first-order valence-corrected chi connectivity index (χ1v) is 8.61. The molecule has 0 atom stereocenters. The SMILES string of the molecule is CCc1nccn1CCCCN1CCN(c2ncccn2)CC1. The second-order valence-corrected chi connectivity index (χ2v) is 5.98. The van der Waals surface area contributed by atoms with Crippen molar-refractivity contribution < 1.29 is 0 Å². The Balaban J connectivity index is 1.35. The molecule has 0 amide bonds. The van der Waals surface area contributed by atoms with E-state index in [1.54, 1.807) is 0 Å². The van der Waals surface area contributed by atoms with Gasteiger partial charge in [-0.15, -0.1) is 0 Å². The second kappa shape index (κ2) is 8.06. The Kier molecular flexibility index (Phi) is 5.58. The highest BCUT2D eigenvalue weighted by molar-refractivity contribution is 5.29. The maximum Gasteiger partial charge on any atom is 0.225 e. The lowest BCUT2D eigenvalue weighted by molar-refractivity contribution is 0.250. The molecule has 23 heavy (non-hydrogen) atoms. The molecule has 0 bridgehead atoms. The summed E-state index contributed by atoms with van der Waals surface area (Å²) >= 11 is 0. The number of aryl methyl sites for hydroxylation is 2. The van der Waals surface area contributed by atoms with Crippen molar-refractivity contribution in [2.45, 2.75) is 32.7 Å². The summed E-state index contributed by atoms with van der Waals surface area (Å²) in [6.45, 7) is 8.67. The minimum absolute atomic E-state index is 0.861. The molecule has 2 aromatic rings. The zero-order chi connectivity index (χ0) is 15.9. The monoisotopic (exact) mass is 314 g/mol. The van der Waals surface area contributed by atoms with Crippen molar-refractivity contribution in [1.82, 2.24) is 24.4 Å². The van der Waals surface area contributed by atoms with Crippen LogP contribution in [0.15, 0.2) is 30.9 Å². The predicted octanol–water partition coefficient (Wildman–Crippen LogP) is 1.84. The van der Waals surface area contributed by atoms with E-state index in [1.165, 1.54) is 25.2 Å². The average Bonchev–Trinajstić information content (AvgIpc) is 3.07. The molecule has 0 unspecified atom stereocenters. The molecule has 3 heterocycles. The Hall–Kier alpha value is -1.95. The highest BCUT2D eigenvalue weighted by Gasteiger charge is 2.18. The van der Waals surface area contributed by atoms with Gasteiger partial charge in [-0.1, -0.05) is 6.92 Å². The lowest BCUT2D eigenvalue weighted by Crippen LogP contribution is -2.47. The average molecular weight is 314 g/mol. The topological polar surface area (TPSA) is 50.1 Å². The van der Waals surface area contributed by atoms with Gasteiger partial charge in [0.05, 0.1) is 0 Å². The van der Waals surface area contributed by atoms with Gasteiger partial charge >= 0.3 is 0 Å². The van der Waals surface area contributed by atoms with Crippen molar-refractivity contribution in [2.75, 3.05) is 37.6 Å². The molecule has 1 saturated heterocycles. The fourth-order valence-electron chi connectivity index (χ4n) is 3.10. The summed E-state index contributed by atoms with van der Waals surface area (Å²) in [6.07, 6.45) is 11.1. The van der Waals surface area contributed by atoms with Crippen LogP contribution in [0, 0.1) is 0 Å². The summed E-state index contributed by atoms with van der Waals surface area (Å²) in [5.74, 6) is 2.06. The molecule has 1 aliphatic rings. The molecule has 1 fully saturated rings. The molecule has 2 aromatic heterocycles. The predicted molar refractivity (Wildman–Crippen MR) is 91.5 cm³/mol. The van der Waals surface area contributed by atoms with Crippen molar-refractivity contribution in [3.05, 3.63) is 36.7 Å². The molecule has 0 N–H and O–H groups in total. The molecule has 6 heteroatoms. The van der Waals surface area contributed by atoms with Crippen LogP contribution in [0.4, 0.5) is 5.95 Å². The smallest absolute Gasteiger partial charge is 0.225 e. The van der Waals surface area contributed by atoms with Gasteiger partial charge in [0.2, 0.25) is 5.95 Å². The van der Waals surface area contributed by atoms with Crippen LogP contribution in [0.25, 0.3) is 0 Å². The van der Waals surface area contributed by atoms with Gasteiger partial charge in [0.15, 0.2) is 0 Å². The van der Waals surface area contributed by atoms with E-state index in [0.29, 0.717) is 0 Å². The van der Waals surface area contributed by atoms with E-state index in [-0.39, 0.29) is 0 Å². The van der Waals surface area contributed by atoms with Crippen molar-refractivity contribution in [3.63, 3.8) is 0 Å². The highest BCUT2D eigenvalue weighted by Crippen LogP contribution is 2.10. The van der Waals surface area contributed by atoms with Crippen molar-refractivity contribution >= 4 is 5.95 Å². The second-order valence-electron chi connectivity index (χ2n) is 5.98. The van der Waals surface area contributed by atoms with E-state index in [9.17, 15) is 0 Å². The van der Waals surface area contributed by atoms with Crippen molar-refractivity contribution in [3.8, 4) is 0 Å². The third kappa shape index (κ3) is 4.28. The normalized spacial score (nSPS) is 16.0. The minimum Gasteiger partial charge on any atom is -0.338 e. The number of anilines is 1. The van der Waals surface area contributed by atoms with Gasteiger partial charge in [-0.3, -0.25) is 4.90 Å². The van der Waals surface area contributed by atoms with Crippen LogP contribution in [0.5, 0.6) is 0 Å². The molecular weight excluding hydrogens is 288 g/mol. The zero-order valence-electron chi connectivity index (χ0n) is 13.9. The Morgan fingerprint density at radius 2 is 1.65 bits per heavy atom. The van der Waals surface area contributed by atoms with Crippen LogP contribution in [-0.4, -0.2) is 57.1 Å². The van der Waals surface area contributed by atoms with Crippen LogP contribution in [-0.2, 0) is 13.0 Å². The van der Waals surface area contributed by atoms with Gasteiger partial charge in [0, 0.05) is 63.9 Å². The van der Waals surface area contributed by atoms with Crippen molar-refractivity contribution in [2.24, 2.45) is 0 Å². The largest absolute Gasteiger partial charge is 0.338 e. The maximum absolute atomic E-state index is 4.38. The first kappa shape index (κ1) is 15.9. The van der Waals surface area contributed by atoms with Crippen LogP contribution < -0.4 is 4.90 Å². The van der Waals surface area contributed by atoms with Gasteiger partial charge in [-0.2, -0.15) is 0 Å². The Morgan fingerprint density at radius 1 is 0.913 bits per heavy atom. The molecule has 0 aromatic carbocycles. The summed E-state index contributed by atoms with van der Waals surface area (Å²) in [4.78, 5) is 17.9. The molecule has 6 nitrogen and oxygen atoms in total. The van der Waals surface area contributed by atoms with E-state index in [4.69, 9.17) is 0 Å². The Labute approximate surface area is 138 Å². The lowest BCUT2D eigenvalue weighted by Gasteiger charge is -2.34. The molecule has 0 aliphatic carbocycles. The molecule has 3 rings (SSSR count). The molecule has 0 spiro atoms.